The second-order valence-electron chi connectivity index (χ2n) is 7.26. The summed E-state index contributed by atoms with van der Waals surface area (Å²) >= 11 is 0. The first-order chi connectivity index (χ1) is 14.9. The maximum atomic E-state index is 13.6. The molecule has 0 saturated heterocycles. The molecule has 0 bridgehead atoms. The summed E-state index contributed by atoms with van der Waals surface area (Å²) in [6.45, 7) is 6.06. The molecular formula is C25H32O6. The highest BCUT2D eigenvalue weighted by molar-refractivity contribution is 6.11. The van der Waals surface area contributed by atoms with E-state index >= 15 is 0 Å². The van der Waals surface area contributed by atoms with Crippen molar-refractivity contribution in [1.82, 2.24) is 0 Å². The van der Waals surface area contributed by atoms with Crippen LogP contribution in [-0.4, -0.2) is 39.5 Å². The number of carbonyl (C=O) groups is 2. The van der Waals surface area contributed by atoms with Crippen LogP contribution in [-0.2, 0) is 4.79 Å². The van der Waals surface area contributed by atoms with E-state index in [9.17, 15) is 9.59 Å². The van der Waals surface area contributed by atoms with Gasteiger partial charge in [-0.15, -0.1) is 0 Å². The Labute approximate surface area is 184 Å². The van der Waals surface area contributed by atoms with Crippen LogP contribution in [0.2, 0.25) is 0 Å². The number of ketones is 2. The minimum atomic E-state index is -0.419. The normalized spacial score (nSPS) is 11.5. The zero-order valence-corrected chi connectivity index (χ0v) is 19.2. The van der Waals surface area contributed by atoms with Gasteiger partial charge in [-0.25, -0.2) is 0 Å². The SMILES string of the molecule is CCCCOc1cc(C(=O)c2ccc(OC)c(OC)c2)c(C(CC)C(C)=O)cc1OC. The highest BCUT2D eigenvalue weighted by atomic mass is 16.5. The molecule has 168 valence electrons. The number of carbonyl (C=O) groups excluding carboxylic acids is 2. The van der Waals surface area contributed by atoms with Crippen LogP contribution in [0.1, 0.15) is 67.4 Å². The molecule has 0 spiro atoms. The smallest absolute Gasteiger partial charge is 0.193 e. The van der Waals surface area contributed by atoms with Crippen molar-refractivity contribution in [3.05, 3.63) is 47.0 Å². The van der Waals surface area contributed by atoms with E-state index in [0.717, 1.165) is 12.8 Å². The highest BCUT2D eigenvalue weighted by Gasteiger charge is 2.26. The predicted octanol–water partition coefficient (Wildman–Crippen LogP) is 5.20. The molecule has 1 unspecified atom stereocenters. The Kier molecular flexibility index (Phi) is 8.91. The van der Waals surface area contributed by atoms with Crippen molar-refractivity contribution >= 4 is 11.6 Å². The fraction of sp³-hybridized carbons (Fsp3) is 0.440. The Morgan fingerprint density at radius 2 is 1.52 bits per heavy atom. The minimum absolute atomic E-state index is 0.00874. The molecule has 0 aromatic heterocycles. The highest BCUT2D eigenvalue weighted by Crippen LogP contribution is 2.37. The molecule has 6 heteroatoms. The number of methoxy groups -OCH3 is 3. The van der Waals surface area contributed by atoms with Crippen molar-refractivity contribution in [3.8, 4) is 23.0 Å². The van der Waals surface area contributed by atoms with Gasteiger partial charge in [0, 0.05) is 17.0 Å². The van der Waals surface area contributed by atoms with E-state index < -0.39 is 5.92 Å². The van der Waals surface area contributed by atoms with Crippen LogP contribution < -0.4 is 18.9 Å². The molecule has 2 rings (SSSR count). The molecule has 0 aliphatic carbocycles. The van der Waals surface area contributed by atoms with Gasteiger partial charge in [0.2, 0.25) is 0 Å². The summed E-state index contributed by atoms with van der Waals surface area (Å²) in [6, 6.07) is 8.46. The van der Waals surface area contributed by atoms with Crippen molar-refractivity contribution in [3.63, 3.8) is 0 Å². The zero-order valence-electron chi connectivity index (χ0n) is 19.2. The second kappa shape index (κ2) is 11.4. The largest absolute Gasteiger partial charge is 0.493 e. The molecule has 6 nitrogen and oxygen atoms in total. The predicted molar refractivity (Wildman–Crippen MR) is 120 cm³/mol. The standard InChI is InChI=1S/C25H32O6/c1-7-9-12-31-24-15-20(19(14-23(24)30-6)18(8-2)16(3)26)25(27)17-10-11-21(28-4)22(13-17)29-5/h10-11,13-15,18H,7-9,12H2,1-6H3. The van der Waals surface area contributed by atoms with Gasteiger partial charge < -0.3 is 18.9 Å². The van der Waals surface area contributed by atoms with E-state index in [1.54, 1.807) is 44.6 Å². The summed E-state index contributed by atoms with van der Waals surface area (Å²) in [6.07, 6.45) is 2.44. The van der Waals surface area contributed by atoms with E-state index in [-0.39, 0.29) is 11.6 Å². The summed E-state index contributed by atoms with van der Waals surface area (Å²) < 4.78 is 22.0. The van der Waals surface area contributed by atoms with Crippen molar-refractivity contribution in [2.75, 3.05) is 27.9 Å². The zero-order chi connectivity index (χ0) is 23.0. The van der Waals surface area contributed by atoms with Crippen LogP contribution in [0.4, 0.5) is 0 Å². The molecule has 0 aliphatic heterocycles. The third-order valence-corrected chi connectivity index (χ3v) is 5.26. The number of hydrogen-bond acceptors (Lipinski definition) is 6. The molecule has 0 N–H and O–H groups in total. The van der Waals surface area contributed by atoms with Gasteiger partial charge in [-0.1, -0.05) is 20.3 Å². The Bertz CT molecular complexity index is 918. The van der Waals surface area contributed by atoms with Crippen molar-refractivity contribution in [2.24, 2.45) is 0 Å². The number of hydrogen-bond donors (Lipinski definition) is 0. The van der Waals surface area contributed by atoms with Gasteiger partial charge in [0.05, 0.1) is 27.9 Å². The lowest BCUT2D eigenvalue weighted by Crippen LogP contribution is -2.15. The van der Waals surface area contributed by atoms with Gasteiger partial charge in [0.1, 0.15) is 5.78 Å². The van der Waals surface area contributed by atoms with Crippen LogP contribution in [0, 0.1) is 0 Å². The van der Waals surface area contributed by atoms with Crippen molar-refractivity contribution in [1.29, 1.82) is 0 Å². The maximum absolute atomic E-state index is 13.6. The quantitative estimate of drug-likeness (QED) is 0.342. The van der Waals surface area contributed by atoms with Gasteiger partial charge in [0.15, 0.2) is 28.8 Å². The molecule has 2 aromatic carbocycles. The Balaban J connectivity index is 2.64. The Morgan fingerprint density at radius 1 is 0.871 bits per heavy atom. The fourth-order valence-corrected chi connectivity index (χ4v) is 3.52. The van der Waals surface area contributed by atoms with Crippen LogP contribution >= 0.6 is 0 Å². The minimum Gasteiger partial charge on any atom is -0.493 e. The van der Waals surface area contributed by atoms with Gasteiger partial charge >= 0.3 is 0 Å². The third-order valence-electron chi connectivity index (χ3n) is 5.26. The summed E-state index contributed by atoms with van der Waals surface area (Å²) in [4.78, 5) is 25.9. The van der Waals surface area contributed by atoms with Crippen LogP contribution in [0.3, 0.4) is 0 Å². The first kappa shape index (κ1) is 24.3. The van der Waals surface area contributed by atoms with E-state index in [1.165, 1.54) is 14.0 Å². The van der Waals surface area contributed by atoms with Crippen molar-refractivity contribution in [2.45, 2.75) is 46.0 Å². The molecular weight excluding hydrogens is 396 g/mol. The molecule has 0 amide bonds. The third kappa shape index (κ3) is 5.57. The van der Waals surface area contributed by atoms with Gasteiger partial charge in [0.25, 0.3) is 0 Å². The van der Waals surface area contributed by atoms with Gasteiger partial charge in [-0.05, 0) is 55.7 Å². The summed E-state index contributed by atoms with van der Waals surface area (Å²) in [5.74, 6) is 1.34. The first-order valence-corrected chi connectivity index (χ1v) is 10.5. The van der Waals surface area contributed by atoms with Crippen LogP contribution in [0.15, 0.2) is 30.3 Å². The molecule has 0 radical (unpaired) electrons. The Morgan fingerprint density at radius 3 is 2.06 bits per heavy atom. The molecule has 31 heavy (non-hydrogen) atoms. The summed E-state index contributed by atoms with van der Waals surface area (Å²) in [5, 5.41) is 0. The molecule has 2 aromatic rings. The monoisotopic (exact) mass is 428 g/mol. The van der Waals surface area contributed by atoms with Crippen LogP contribution in [0.25, 0.3) is 0 Å². The molecule has 0 aliphatic rings. The number of rotatable bonds is 12. The van der Waals surface area contributed by atoms with E-state index in [1.807, 2.05) is 6.92 Å². The maximum Gasteiger partial charge on any atom is 0.193 e. The number of unbranched alkanes of at least 4 members (excludes halogenated alkanes) is 1. The lowest BCUT2D eigenvalue weighted by molar-refractivity contribution is -0.118. The number of ether oxygens (including phenoxy) is 4. The average Bonchev–Trinajstić information content (AvgIpc) is 2.78. The van der Waals surface area contributed by atoms with Crippen molar-refractivity contribution < 1.29 is 28.5 Å². The van der Waals surface area contributed by atoms with E-state index in [0.29, 0.717) is 52.7 Å². The average molecular weight is 429 g/mol. The molecule has 0 saturated carbocycles. The number of benzene rings is 2. The van der Waals surface area contributed by atoms with E-state index in [4.69, 9.17) is 18.9 Å². The molecule has 0 heterocycles. The lowest BCUT2D eigenvalue weighted by Gasteiger charge is -2.20. The van der Waals surface area contributed by atoms with Crippen LogP contribution in [0.5, 0.6) is 23.0 Å². The summed E-state index contributed by atoms with van der Waals surface area (Å²) in [7, 11) is 4.61. The second-order valence-corrected chi connectivity index (χ2v) is 7.26. The topological polar surface area (TPSA) is 71.1 Å². The van der Waals surface area contributed by atoms with Gasteiger partial charge in [-0.3, -0.25) is 9.59 Å². The molecule has 0 fully saturated rings. The Hall–Kier alpha value is -3.02. The number of Topliss-reactive ketones (excluding diaryl/α,β-unsaturated/α-hetero) is 1. The fourth-order valence-electron chi connectivity index (χ4n) is 3.52. The first-order valence-electron chi connectivity index (χ1n) is 10.5. The molecule has 1 atom stereocenters. The van der Waals surface area contributed by atoms with Gasteiger partial charge in [-0.2, -0.15) is 0 Å². The summed E-state index contributed by atoms with van der Waals surface area (Å²) in [5.41, 5.74) is 1.48. The van der Waals surface area contributed by atoms with E-state index in [2.05, 4.69) is 6.92 Å². The lowest BCUT2D eigenvalue weighted by atomic mass is 9.86.